The van der Waals surface area contributed by atoms with Gasteiger partial charge in [0.25, 0.3) is 0 Å². The second kappa shape index (κ2) is 6.34. The molecule has 4 heteroatoms. The van der Waals surface area contributed by atoms with E-state index in [1.807, 2.05) is 12.4 Å². The fraction of sp³-hybridized carbons (Fsp3) is 0.500. The van der Waals surface area contributed by atoms with Gasteiger partial charge in [-0.1, -0.05) is 6.58 Å². The predicted molar refractivity (Wildman–Crippen MR) is 56.6 cm³/mol. The minimum absolute atomic E-state index is 0.274. The highest BCUT2D eigenvalue weighted by atomic mass is 16.2. The molecule has 0 fully saturated rings. The molecule has 0 saturated carbocycles. The molecule has 1 aromatic rings. The predicted octanol–water partition coefficient (Wildman–Crippen LogP) is 0.846. The zero-order valence-electron chi connectivity index (χ0n) is 8.32. The largest absolute Gasteiger partial charge is 0.396 e. The van der Waals surface area contributed by atoms with Gasteiger partial charge in [-0.15, -0.1) is 0 Å². The van der Waals surface area contributed by atoms with E-state index in [1.165, 1.54) is 0 Å². The standard InChI is InChI=1S/C10H17N3O/c1-2-13-9-10(8-12-13)7-11-5-3-4-6-14/h2,8-9,11,14H,1,3-7H2. The quantitative estimate of drug-likeness (QED) is 0.634. The Morgan fingerprint density at radius 2 is 2.43 bits per heavy atom. The number of aromatic nitrogens is 2. The first-order valence-electron chi connectivity index (χ1n) is 4.84. The number of nitrogens with zero attached hydrogens (tertiary/aromatic N) is 2. The zero-order valence-corrected chi connectivity index (χ0v) is 8.32. The van der Waals surface area contributed by atoms with Crippen LogP contribution in [-0.2, 0) is 6.54 Å². The number of hydrogen-bond donors (Lipinski definition) is 2. The van der Waals surface area contributed by atoms with Crippen LogP contribution in [0.5, 0.6) is 0 Å². The summed E-state index contributed by atoms with van der Waals surface area (Å²) in [5, 5.41) is 15.9. The van der Waals surface area contributed by atoms with E-state index in [1.54, 1.807) is 10.9 Å². The average molecular weight is 195 g/mol. The van der Waals surface area contributed by atoms with Gasteiger partial charge >= 0.3 is 0 Å². The Balaban J connectivity index is 2.14. The van der Waals surface area contributed by atoms with Crippen molar-refractivity contribution in [1.82, 2.24) is 15.1 Å². The van der Waals surface area contributed by atoms with E-state index >= 15 is 0 Å². The number of nitrogens with one attached hydrogen (secondary N) is 1. The number of rotatable bonds is 7. The van der Waals surface area contributed by atoms with Gasteiger partial charge in [0.2, 0.25) is 0 Å². The Labute approximate surface area is 84.2 Å². The number of aliphatic hydroxyl groups excluding tert-OH is 1. The average Bonchev–Trinajstić information content (AvgIpc) is 2.65. The number of unbranched alkanes of at least 4 members (excludes halogenated alkanes) is 1. The molecule has 78 valence electrons. The summed E-state index contributed by atoms with van der Waals surface area (Å²) in [6.45, 7) is 5.64. The van der Waals surface area contributed by atoms with Crippen molar-refractivity contribution in [2.24, 2.45) is 0 Å². The molecular weight excluding hydrogens is 178 g/mol. The van der Waals surface area contributed by atoms with Crippen molar-refractivity contribution in [3.63, 3.8) is 0 Å². The molecule has 0 unspecified atom stereocenters. The maximum atomic E-state index is 8.57. The second-order valence-corrected chi connectivity index (χ2v) is 3.12. The van der Waals surface area contributed by atoms with E-state index in [-0.39, 0.29) is 6.61 Å². The molecule has 2 N–H and O–H groups in total. The highest BCUT2D eigenvalue weighted by molar-refractivity contribution is 5.17. The molecule has 0 aliphatic heterocycles. The van der Waals surface area contributed by atoms with Crippen LogP contribution in [0.1, 0.15) is 18.4 Å². The molecule has 1 aromatic heterocycles. The van der Waals surface area contributed by atoms with Gasteiger partial charge in [-0.3, -0.25) is 0 Å². The summed E-state index contributed by atoms with van der Waals surface area (Å²) >= 11 is 0. The van der Waals surface area contributed by atoms with Crippen molar-refractivity contribution in [1.29, 1.82) is 0 Å². The molecular formula is C10H17N3O. The van der Waals surface area contributed by atoms with E-state index in [0.29, 0.717) is 0 Å². The third-order valence-electron chi connectivity index (χ3n) is 1.93. The SMILES string of the molecule is C=Cn1cc(CNCCCCO)cn1. The Morgan fingerprint density at radius 1 is 1.57 bits per heavy atom. The van der Waals surface area contributed by atoms with Crippen molar-refractivity contribution < 1.29 is 5.11 Å². The molecule has 4 nitrogen and oxygen atoms in total. The lowest BCUT2D eigenvalue weighted by atomic mass is 10.3. The summed E-state index contributed by atoms with van der Waals surface area (Å²) in [6.07, 6.45) is 7.28. The van der Waals surface area contributed by atoms with Crippen LogP contribution in [0.4, 0.5) is 0 Å². The molecule has 0 aliphatic carbocycles. The molecule has 0 atom stereocenters. The fourth-order valence-electron chi connectivity index (χ4n) is 1.16. The van der Waals surface area contributed by atoms with Crippen molar-refractivity contribution in [2.75, 3.05) is 13.2 Å². The summed E-state index contributed by atoms with van der Waals surface area (Å²) in [5.74, 6) is 0. The molecule has 0 amide bonds. The Hall–Kier alpha value is -1.13. The summed E-state index contributed by atoms with van der Waals surface area (Å²) in [5.41, 5.74) is 1.15. The molecule has 1 rings (SSSR count). The monoisotopic (exact) mass is 195 g/mol. The first-order valence-corrected chi connectivity index (χ1v) is 4.84. The Kier molecular flexibility index (Phi) is 4.96. The highest BCUT2D eigenvalue weighted by Gasteiger charge is 1.95. The third-order valence-corrected chi connectivity index (χ3v) is 1.93. The zero-order chi connectivity index (χ0) is 10.2. The molecule has 0 bridgehead atoms. The smallest absolute Gasteiger partial charge is 0.0538 e. The lowest BCUT2D eigenvalue weighted by Gasteiger charge is -2.00. The maximum absolute atomic E-state index is 8.57. The van der Waals surface area contributed by atoms with Crippen LogP contribution in [-0.4, -0.2) is 28.0 Å². The number of hydrogen-bond acceptors (Lipinski definition) is 3. The van der Waals surface area contributed by atoms with Crippen molar-refractivity contribution in [2.45, 2.75) is 19.4 Å². The van der Waals surface area contributed by atoms with Gasteiger partial charge in [-0.2, -0.15) is 5.10 Å². The van der Waals surface area contributed by atoms with E-state index in [2.05, 4.69) is 17.0 Å². The van der Waals surface area contributed by atoms with E-state index in [9.17, 15) is 0 Å². The first-order chi connectivity index (χ1) is 6.86. The maximum Gasteiger partial charge on any atom is 0.0538 e. The summed E-state index contributed by atoms with van der Waals surface area (Å²) < 4.78 is 1.69. The first kappa shape index (κ1) is 10.9. The van der Waals surface area contributed by atoms with Gasteiger partial charge in [0.15, 0.2) is 0 Å². The summed E-state index contributed by atoms with van der Waals surface area (Å²) in [4.78, 5) is 0. The van der Waals surface area contributed by atoms with Crippen molar-refractivity contribution >= 4 is 6.20 Å². The van der Waals surface area contributed by atoms with Gasteiger partial charge in [-0.05, 0) is 19.4 Å². The van der Waals surface area contributed by atoms with E-state index < -0.39 is 0 Å². The highest BCUT2D eigenvalue weighted by Crippen LogP contribution is 1.97. The van der Waals surface area contributed by atoms with Crippen LogP contribution in [0.3, 0.4) is 0 Å². The topological polar surface area (TPSA) is 50.1 Å². The molecule has 0 aromatic carbocycles. The van der Waals surface area contributed by atoms with Gasteiger partial charge in [0, 0.05) is 31.1 Å². The van der Waals surface area contributed by atoms with Crippen molar-refractivity contribution in [3.05, 3.63) is 24.5 Å². The van der Waals surface area contributed by atoms with Gasteiger partial charge in [-0.25, -0.2) is 4.68 Å². The van der Waals surface area contributed by atoms with Gasteiger partial charge in [0.05, 0.1) is 6.20 Å². The van der Waals surface area contributed by atoms with Gasteiger partial charge in [0.1, 0.15) is 0 Å². The van der Waals surface area contributed by atoms with E-state index in [4.69, 9.17) is 5.11 Å². The van der Waals surface area contributed by atoms with E-state index in [0.717, 1.165) is 31.5 Å². The van der Waals surface area contributed by atoms with Crippen LogP contribution in [0, 0.1) is 0 Å². The summed E-state index contributed by atoms with van der Waals surface area (Å²) in [6, 6.07) is 0. The lowest BCUT2D eigenvalue weighted by Crippen LogP contribution is -2.14. The second-order valence-electron chi connectivity index (χ2n) is 3.12. The molecule has 0 aliphatic rings. The molecule has 14 heavy (non-hydrogen) atoms. The van der Waals surface area contributed by atoms with Crippen LogP contribution in [0.2, 0.25) is 0 Å². The lowest BCUT2D eigenvalue weighted by molar-refractivity contribution is 0.283. The molecule has 0 radical (unpaired) electrons. The van der Waals surface area contributed by atoms with Gasteiger partial charge < -0.3 is 10.4 Å². The normalized spacial score (nSPS) is 10.4. The van der Waals surface area contributed by atoms with Crippen molar-refractivity contribution in [3.8, 4) is 0 Å². The number of aliphatic hydroxyl groups is 1. The van der Waals surface area contributed by atoms with Crippen LogP contribution < -0.4 is 5.32 Å². The Bertz CT molecular complexity index is 270. The van der Waals surface area contributed by atoms with Crippen LogP contribution in [0.25, 0.3) is 6.20 Å². The molecule has 1 heterocycles. The van der Waals surface area contributed by atoms with Crippen LogP contribution in [0.15, 0.2) is 19.0 Å². The van der Waals surface area contributed by atoms with Crippen LogP contribution >= 0.6 is 0 Å². The summed E-state index contributed by atoms with van der Waals surface area (Å²) in [7, 11) is 0. The fourth-order valence-corrected chi connectivity index (χ4v) is 1.16. The molecule has 0 spiro atoms. The Morgan fingerprint density at radius 3 is 3.07 bits per heavy atom. The molecule has 0 saturated heterocycles. The minimum Gasteiger partial charge on any atom is -0.396 e. The third kappa shape index (κ3) is 3.72. The minimum atomic E-state index is 0.274.